The fraction of sp³-hybridized carbons (Fsp3) is 0.300. The molecule has 1 saturated heterocycles. The van der Waals surface area contributed by atoms with Gasteiger partial charge in [-0.3, -0.25) is 19.7 Å². The number of benzene rings is 1. The van der Waals surface area contributed by atoms with Gasteiger partial charge in [-0.05, 0) is 36.2 Å². The number of aliphatic hydroxyl groups excluding tert-OH is 1. The molecule has 30 heavy (non-hydrogen) atoms. The van der Waals surface area contributed by atoms with E-state index in [2.05, 4.69) is 10.3 Å². The zero-order valence-corrected chi connectivity index (χ0v) is 15.4. The number of carbonyl (C=O) groups is 3. The van der Waals surface area contributed by atoms with Crippen molar-refractivity contribution in [1.29, 1.82) is 0 Å². The number of hydrogen-bond donors (Lipinski definition) is 2. The van der Waals surface area contributed by atoms with Crippen LogP contribution in [0.4, 0.5) is 13.2 Å². The third kappa shape index (κ3) is 3.54. The second-order valence-corrected chi connectivity index (χ2v) is 7.16. The van der Waals surface area contributed by atoms with E-state index in [1.807, 2.05) is 0 Å². The van der Waals surface area contributed by atoms with Crippen molar-refractivity contribution in [3.63, 3.8) is 0 Å². The van der Waals surface area contributed by atoms with Gasteiger partial charge in [0.05, 0.1) is 11.4 Å². The molecule has 0 aliphatic carbocycles. The van der Waals surface area contributed by atoms with Crippen LogP contribution < -0.4 is 5.32 Å². The molecular formula is C20H16F3N3O4. The van der Waals surface area contributed by atoms with Crippen LogP contribution in [0, 0.1) is 0 Å². The Morgan fingerprint density at radius 1 is 1.17 bits per heavy atom. The Hall–Kier alpha value is -3.27. The Morgan fingerprint density at radius 3 is 2.63 bits per heavy atom. The minimum Gasteiger partial charge on any atom is -0.378 e. The molecule has 1 fully saturated rings. The molecule has 0 radical (unpaired) electrons. The first-order valence-corrected chi connectivity index (χ1v) is 9.15. The van der Waals surface area contributed by atoms with E-state index in [0.29, 0.717) is 16.7 Å². The Bertz CT molecular complexity index is 1050. The molecule has 2 aromatic rings. The number of imide groups is 1. The number of piperidine rings is 1. The summed E-state index contributed by atoms with van der Waals surface area (Å²) in [4.78, 5) is 41.5. The third-order valence-corrected chi connectivity index (χ3v) is 5.18. The minimum atomic E-state index is -4.83. The van der Waals surface area contributed by atoms with Crippen LogP contribution in [0.3, 0.4) is 0 Å². The number of aliphatic hydroxyl groups is 1. The molecule has 4 rings (SSSR count). The largest absolute Gasteiger partial charge is 0.420 e. The van der Waals surface area contributed by atoms with Crippen molar-refractivity contribution in [2.45, 2.75) is 37.7 Å². The van der Waals surface area contributed by atoms with Crippen LogP contribution >= 0.6 is 0 Å². The number of nitrogens with one attached hydrogen (secondary N) is 1. The Morgan fingerprint density at radius 2 is 1.93 bits per heavy atom. The number of pyridine rings is 1. The van der Waals surface area contributed by atoms with Crippen molar-refractivity contribution in [3.8, 4) is 11.3 Å². The second-order valence-electron chi connectivity index (χ2n) is 7.16. The van der Waals surface area contributed by atoms with Gasteiger partial charge < -0.3 is 10.0 Å². The van der Waals surface area contributed by atoms with Crippen LogP contribution in [0.5, 0.6) is 0 Å². The van der Waals surface area contributed by atoms with E-state index >= 15 is 0 Å². The normalized spacial score (nSPS) is 20.2. The Labute approximate surface area is 168 Å². The highest BCUT2D eigenvalue weighted by Gasteiger charge is 2.41. The maximum absolute atomic E-state index is 12.8. The summed E-state index contributed by atoms with van der Waals surface area (Å²) in [7, 11) is 0. The first kappa shape index (κ1) is 20.0. The third-order valence-electron chi connectivity index (χ3n) is 5.18. The van der Waals surface area contributed by atoms with Crippen LogP contribution in [-0.4, -0.2) is 44.9 Å². The van der Waals surface area contributed by atoms with Crippen molar-refractivity contribution >= 4 is 17.7 Å². The highest BCUT2D eigenvalue weighted by Crippen LogP contribution is 2.34. The van der Waals surface area contributed by atoms with Gasteiger partial charge in [0, 0.05) is 24.1 Å². The van der Waals surface area contributed by atoms with Crippen molar-refractivity contribution in [2.24, 2.45) is 0 Å². The van der Waals surface area contributed by atoms with Gasteiger partial charge in [0.1, 0.15) is 6.04 Å². The molecule has 3 amide bonds. The summed E-state index contributed by atoms with van der Waals surface area (Å²) in [6.07, 6.45) is -7.16. The number of alkyl halides is 3. The van der Waals surface area contributed by atoms with E-state index in [1.165, 1.54) is 23.1 Å². The van der Waals surface area contributed by atoms with E-state index in [0.717, 1.165) is 6.07 Å². The van der Waals surface area contributed by atoms with Crippen LogP contribution in [-0.2, 0) is 16.1 Å². The highest BCUT2D eigenvalue weighted by molar-refractivity contribution is 6.05. The molecule has 10 heteroatoms. The van der Waals surface area contributed by atoms with Gasteiger partial charge >= 0.3 is 6.18 Å². The molecule has 0 bridgehead atoms. The molecule has 2 aliphatic heterocycles. The maximum Gasteiger partial charge on any atom is 0.420 e. The number of amides is 3. The summed E-state index contributed by atoms with van der Waals surface area (Å²) in [6, 6.07) is 7.91. The van der Waals surface area contributed by atoms with E-state index in [4.69, 9.17) is 0 Å². The van der Waals surface area contributed by atoms with E-state index in [1.54, 1.807) is 12.1 Å². The second kappa shape index (κ2) is 7.21. The van der Waals surface area contributed by atoms with E-state index in [-0.39, 0.29) is 36.9 Å². The van der Waals surface area contributed by atoms with Crippen LogP contribution in [0.15, 0.2) is 36.4 Å². The molecule has 7 nitrogen and oxygen atoms in total. The zero-order valence-electron chi connectivity index (χ0n) is 15.4. The lowest BCUT2D eigenvalue weighted by Crippen LogP contribution is -2.52. The van der Waals surface area contributed by atoms with E-state index < -0.39 is 29.9 Å². The van der Waals surface area contributed by atoms with Crippen LogP contribution in [0.25, 0.3) is 11.3 Å². The quantitative estimate of drug-likeness (QED) is 0.743. The Balaban J connectivity index is 1.61. The van der Waals surface area contributed by atoms with Gasteiger partial charge in [-0.2, -0.15) is 13.2 Å². The van der Waals surface area contributed by atoms with Gasteiger partial charge in [-0.15, -0.1) is 0 Å². The maximum atomic E-state index is 12.8. The predicted molar refractivity (Wildman–Crippen MR) is 96.7 cm³/mol. The van der Waals surface area contributed by atoms with Crippen molar-refractivity contribution in [1.82, 2.24) is 15.2 Å². The average molecular weight is 419 g/mol. The molecule has 1 aromatic carbocycles. The highest BCUT2D eigenvalue weighted by atomic mass is 19.4. The first-order valence-electron chi connectivity index (χ1n) is 9.15. The Kier molecular flexibility index (Phi) is 4.81. The van der Waals surface area contributed by atoms with Gasteiger partial charge in [-0.25, -0.2) is 4.98 Å². The number of halogens is 3. The zero-order chi connectivity index (χ0) is 21.6. The molecule has 1 aromatic heterocycles. The van der Waals surface area contributed by atoms with Gasteiger partial charge in [0.25, 0.3) is 5.91 Å². The number of hydrogen-bond acceptors (Lipinski definition) is 5. The summed E-state index contributed by atoms with van der Waals surface area (Å²) in [5.74, 6) is -1.25. The van der Waals surface area contributed by atoms with Gasteiger partial charge in [-0.1, -0.05) is 12.1 Å². The van der Waals surface area contributed by atoms with Gasteiger partial charge in [0.15, 0.2) is 6.10 Å². The SMILES string of the molecule is O=C1CCC(N2Cc3cc(-c4cccc(C(O)C(F)(F)F)n4)ccc3C2=O)C(=O)N1. The molecule has 156 valence electrons. The smallest absolute Gasteiger partial charge is 0.378 e. The number of fused-ring (bicyclic) bond motifs is 1. The number of nitrogens with zero attached hydrogens (tertiary/aromatic N) is 2. The first-order chi connectivity index (χ1) is 14.1. The van der Waals surface area contributed by atoms with Crippen molar-refractivity contribution < 1.29 is 32.7 Å². The van der Waals surface area contributed by atoms with Gasteiger partial charge in [0.2, 0.25) is 11.8 Å². The molecule has 2 unspecified atom stereocenters. The van der Waals surface area contributed by atoms with Crippen LogP contribution in [0.1, 0.15) is 40.6 Å². The lowest BCUT2D eigenvalue weighted by atomic mass is 10.0. The molecule has 2 aliphatic rings. The fourth-order valence-electron chi connectivity index (χ4n) is 3.67. The molecule has 0 spiro atoms. The minimum absolute atomic E-state index is 0.138. The monoisotopic (exact) mass is 419 g/mol. The van der Waals surface area contributed by atoms with Crippen molar-refractivity contribution in [3.05, 3.63) is 53.2 Å². The predicted octanol–water partition coefficient (Wildman–Crippen LogP) is 2.11. The summed E-state index contributed by atoms with van der Waals surface area (Å²) in [6.45, 7) is 0.138. The fourth-order valence-corrected chi connectivity index (χ4v) is 3.67. The van der Waals surface area contributed by atoms with Crippen LogP contribution in [0.2, 0.25) is 0 Å². The standard InChI is InChI=1S/C20H16F3N3O4/c21-20(22,23)17(28)14-3-1-2-13(24-14)10-4-5-12-11(8-10)9-26(19(12)30)15-6-7-16(27)25-18(15)29/h1-5,8,15,17,28H,6-7,9H2,(H,25,27,29). The topological polar surface area (TPSA) is 99.6 Å². The van der Waals surface area contributed by atoms with Crippen molar-refractivity contribution in [2.75, 3.05) is 0 Å². The molecule has 3 heterocycles. The molecular weight excluding hydrogens is 403 g/mol. The lowest BCUT2D eigenvalue weighted by molar-refractivity contribution is -0.207. The summed E-state index contributed by atoms with van der Waals surface area (Å²) in [5, 5.41) is 11.7. The summed E-state index contributed by atoms with van der Waals surface area (Å²) < 4.78 is 38.3. The lowest BCUT2D eigenvalue weighted by Gasteiger charge is -2.29. The van der Waals surface area contributed by atoms with E-state index in [9.17, 15) is 32.7 Å². The molecule has 0 saturated carbocycles. The number of carbonyl (C=O) groups excluding carboxylic acids is 3. The summed E-state index contributed by atoms with van der Waals surface area (Å²) in [5.41, 5.74) is 1.15. The molecule has 2 N–H and O–H groups in total. The number of aromatic nitrogens is 1. The number of rotatable bonds is 3. The summed E-state index contributed by atoms with van der Waals surface area (Å²) >= 11 is 0. The average Bonchev–Trinajstić information content (AvgIpc) is 3.02. The molecule has 2 atom stereocenters.